The molecule has 3 rings (SSSR count). The number of nitrogens with one attached hydrogen (secondary N) is 2. The maximum Gasteiger partial charge on any atom is 0.343 e. The van der Waals surface area contributed by atoms with Gasteiger partial charge in [0.05, 0.1) is 31.2 Å². The molecule has 0 saturated carbocycles. The highest BCUT2D eigenvalue weighted by atomic mass is 16.5. The van der Waals surface area contributed by atoms with Gasteiger partial charge in [0, 0.05) is 0 Å². The van der Waals surface area contributed by atoms with Gasteiger partial charge in [-0.15, -0.1) is 0 Å². The molecule has 0 aliphatic heterocycles. The first-order chi connectivity index (χ1) is 17.0. The molecule has 0 fully saturated rings. The van der Waals surface area contributed by atoms with E-state index < -0.39 is 17.8 Å². The van der Waals surface area contributed by atoms with Gasteiger partial charge in [-0.05, 0) is 72.6 Å². The number of hydrazone groups is 1. The van der Waals surface area contributed by atoms with Gasteiger partial charge in [-0.3, -0.25) is 9.59 Å². The number of carbonyl (C=O) groups is 3. The lowest BCUT2D eigenvalue weighted by molar-refractivity contribution is -0.136. The summed E-state index contributed by atoms with van der Waals surface area (Å²) in [6, 6.07) is 19.9. The SMILES string of the molecule is CCCOc1ccc(C(=O)Oc2ccc(/C=N/NC(=O)C(=O)Nc3ccccc3OC)cc2)cc1. The van der Waals surface area contributed by atoms with Crippen LogP contribution in [0.15, 0.2) is 77.9 Å². The third-order valence-electron chi connectivity index (χ3n) is 4.59. The Kier molecular flexibility index (Phi) is 8.95. The van der Waals surface area contributed by atoms with Crippen LogP contribution in [0.1, 0.15) is 29.3 Å². The van der Waals surface area contributed by atoms with Crippen molar-refractivity contribution in [2.45, 2.75) is 13.3 Å². The molecule has 0 bridgehead atoms. The number of esters is 1. The van der Waals surface area contributed by atoms with Crippen molar-refractivity contribution in [3.05, 3.63) is 83.9 Å². The minimum Gasteiger partial charge on any atom is -0.495 e. The van der Waals surface area contributed by atoms with E-state index in [0.717, 1.165) is 6.42 Å². The molecule has 35 heavy (non-hydrogen) atoms. The number of anilines is 1. The quantitative estimate of drug-likeness (QED) is 0.160. The largest absolute Gasteiger partial charge is 0.495 e. The Labute approximate surface area is 202 Å². The van der Waals surface area contributed by atoms with Gasteiger partial charge in [-0.25, -0.2) is 10.2 Å². The monoisotopic (exact) mass is 475 g/mol. The molecule has 0 atom stereocenters. The molecule has 2 amide bonds. The molecule has 0 saturated heterocycles. The summed E-state index contributed by atoms with van der Waals surface area (Å²) in [5.74, 6) is -0.865. The summed E-state index contributed by atoms with van der Waals surface area (Å²) in [5, 5.41) is 6.23. The normalized spacial score (nSPS) is 10.5. The van der Waals surface area contributed by atoms with Crippen molar-refractivity contribution in [2.24, 2.45) is 5.10 Å². The molecule has 0 unspecified atom stereocenters. The number of amides is 2. The van der Waals surface area contributed by atoms with Crippen LogP contribution in [-0.2, 0) is 9.59 Å². The number of benzene rings is 3. The third-order valence-corrected chi connectivity index (χ3v) is 4.59. The van der Waals surface area contributed by atoms with Crippen LogP contribution in [-0.4, -0.2) is 37.7 Å². The number of carbonyl (C=O) groups excluding carboxylic acids is 3. The van der Waals surface area contributed by atoms with E-state index in [1.165, 1.54) is 13.3 Å². The molecule has 0 aliphatic rings. The van der Waals surface area contributed by atoms with Crippen LogP contribution in [0.2, 0.25) is 0 Å². The Bertz CT molecular complexity index is 1190. The van der Waals surface area contributed by atoms with Gasteiger partial charge >= 0.3 is 17.8 Å². The van der Waals surface area contributed by atoms with E-state index in [0.29, 0.717) is 40.7 Å². The minimum atomic E-state index is -0.941. The second-order valence-electron chi connectivity index (χ2n) is 7.18. The summed E-state index contributed by atoms with van der Waals surface area (Å²) in [6.07, 6.45) is 2.25. The highest BCUT2D eigenvalue weighted by Crippen LogP contribution is 2.22. The van der Waals surface area contributed by atoms with Crippen LogP contribution in [0.4, 0.5) is 5.69 Å². The first kappa shape index (κ1) is 25.0. The van der Waals surface area contributed by atoms with Crippen LogP contribution in [0.3, 0.4) is 0 Å². The Balaban J connectivity index is 1.49. The summed E-state index contributed by atoms with van der Waals surface area (Å²) in [6.45, 7) is 2.63. The highest BCUT2D eigenvalue weighted by molar-refractivity contribution is 6.39. The van der Waals surface area contributed by atoms with E-state index >= 15 is 0 Å². The van der Waals surface area contributed by atoms with Crippen molar-refractivity contribution in [3.8, 4) is 17.2 Å². The van der Waals surface area contributed by atoms with Crippen LogP contribution in [0.5, 0.6) is 17.2 Å². The number of ether oxygens (including phenoxy) is 3. The second kappa shape index (κ2) is 12.5. The Hall–Kier alpha value is -4.66. The average molecular weight is 476 g/mol. The van der Waals surface area contributed by atoms with Gasteiger partial charge in [0.1, 0.15) is 17.2 Å². The number of nitrogens with zero attached hydrogens (tertiary/aromatic N) is 1. The van der Waals surface area contributed by atoms with Gasteiger partial charge in [-0.1, -0.05) is 19.1 Å². The summed E-state index contributed by atoms with van der Waals surface area (Å²) in [4.78, 5) is 36.3. The van der Waals surface area contributed by atoms with E-state index in [1.807, 2.05) is 6.92 Å². The molecule has 0 heterocycles. The smallest absolute Gasteiger partial charge is 0.343 e. The highest BCUT2D eigenvalue weighted by Gasteiger charge is 2.15. The molecule has 9 heteroatoms. The Morgan fingerprint density at radius 3 is 2.26 bits per heavy atom. The lowest BCUT2D eigenvalue weighted by Crippen LogP contribution is -2.32. The Morgan fingerprint density at radius 1 is 0.886 bits per heavy atom. The number of methoxy groups -OCH3 is 1. The number of para-hydroxylation sites is 2. The van der Waals surface area contributed by atoms with Gasteiger partial charge < -0.3 is 19.5 Å². The third kappa shape index (κ3) is 7.43. The van der Waals surface area contributed by atoms with Crippen molar-refractivity contribution >= 4 is 29.7 Å². The minimum absolute atomic E-state index is 0.346. The van der Waals surface area contributed by atoms with E-state index in [1.54, 1.807) is 72.8 Å². The summed E-state index contributed by atoms with van der Waals surface area (Å²) in [5.41, 5.74) is 3.54. The fraction of sp³-hybridized carbons (Fsp3) is 0.154. The molecule has 0 spiro atoms. The summed E-state index contributed by atoms with van der Waals surface area (Å²) in [7, 11) is 1.46. The topological polar surface area (TPSA) is 115 Å². The van der Waals surface area contributed by atoms with Crippen LogP contribution in [0.25, 0.3) is 0 Å². The molecule has 3 aromatic rings. The van der Waals surface area contributed by atoms with Crippen LogP contribution in [0, 0.1) is 0 Å². The zero-order valence-electron chi connectivity index (χ0n) is 19.3. The van der Waals surface area contributed by atoms with E-state index in [9.17, 15) is 14.4 Å². The first-order valence-electron chi connectivity index (χ1n) is 10.8. The van der Waals surface area contributed by atoms with Crippen molar-refractivity contribution in [1.29, 1.82) is 0 Å². The zero-order valence-corrected chi connectivity index (χ0v) is 19.3. The van der Waals surface area contributed by atoms with Gasteiger partial charge in [0.25, 0.3) is 0 Å². The maximum atomic E-state index is 12.3. The average Bonchev–Trinajstić information content (AvgIpc) is 2.89. The predicted octanol–water partition coefficient (Wildman–Crippen LogP) is 3.79. The number of rotatable bonds is 9. The Morgan fingerprint density at radius 2 is 1.57 bits per heavy atom. The second-order valence-corrected chi connectivity index (χ2v) is 7.18. The van der Waals surface area contributed by atoms with Crippen molar-refractivity contribution in [2.75, 3.05) is 19.0 Å². The fourth-order valence-corrected chi connectivity index (χ4v) is 2.84. The molecule has 0 aromatic heterocycles. The number of hydrogen-bond donors (Lipinski definition) is 2. The summed E-state index contributed by atoms with van der Waals surface area (Å²) >= 11 is 0. The first-order valence-corrected chi connectivity index (χ1v) is 10.8. The summed E-state index contributed by atoms with van der Waals surface area (Å²) < 4.78 is 16.0. The molecular formula is C26H25N3O6. The van der Waals surface area contributed by atoms with Crippen molar-refractivity contribution in [1.82, 2.24) is 5.43 Å². The van der Waals surface area contributed by atoms with Gasteiger partial charge in [-0.2, -0.15) is 5.10 Å². The van der Waals surface area contributed by atoms with E-state index in [2.05, 4.69) is 15.8 Å². The zero-order chi connectivity index (χ0) is 25.0. The van der Waals surface area contributed by atoms with Gasteiger partial charge in [0.2, 0.25) is 0 Å². The van der Waals surface area contributed by atoms with Gasteiger partial charge in [0.15, 0.2) is 0 Å². The van der Waals surface area contributed by atoms with Crippen molar-refractivity contribution in [3.63, 3.8) is 0 Å². The lowest BCUT2D eigenvalue weighted by Gasteiger charge is -2.08. The predicted molar refractivity (Wildman–Crippen MR) is 131 cm³/mol. The van der Waals surface area contributed by atoms with Crippen LogP contribution >= 0.6 is 0 Å². The molecule has 2 N–H and O–H groups in total. The fourth-order valence-electron chi connectivity index (χ4n) is 2.84. The molecule has 0 aliphatic carbocycles. The molecule has 0 radical (unpaired) electrons. The van der Waals surface area contributed by atoms with Crippen molar-refractivity contribution < 1.29 is 28.6 Å². The van der Waals surface area contributed by atoms with E-state index in [-0.39, 0.29) is 0 Å². The maximum absolute atomic E-state index is 12.3. The van der Waals surface area contributed by atoms with Crippen LogP contribution < -0.4 is 25.0 Å². The molecule has 9 nitrogen and oxygen atoms in total. The molecule has 3 aromatic carbocycles. The van der Waals surface area contributed by atoms with E-state index in [4.69, 9.17) is 14.2 Å². The standard InChI is InChI=1S/C26H25N3O6/c1-3-16-34-20-14-10-19(11-15-20)26(32)35-21-12-8-18(9-13-21)17-27-29-25(31)24(30)28-22-6-4-5-7-23(22)33-2/h4-15,17H,3,16H2,1-2H3,(H,28,30)(H,29,31)/b27-17+. The lowest BCUT2D eigenvalue weighted by atomic mass is 10.2. The number of hydrogen-bond acceptors (Lipinski definition) is 7. The molecular weight excluding hydrogens is 450 g/mol. The molecule has 180 valence electrons.